The van der Waals surface area contributed by atoms with Gasteiger partial charge in [-0.05, 0) is 31.5 Å². The van der Waals surface area contributed by atoms with Crippen molar-refractivity contribution in [2.75, 3.05) is 13.2 Å². The zero-order valence-corrected chi connectivity index (χ0v) is 8.37. The quantitative estimate of drug-likeness (QED) is 0.683. The summed E-state index contributed by atoms with van der Waals surface area (Å²) in [7, 11) is 0. The fourth-order valence-electron chi connectivity index (χ4n) is 0.988. The minimum atomic E-state index is -0.351. The van der Waals surface area contributed by atoms with E-state index < -0.39 is 0 Å². The topological polar surface area (TPSA) is 35.5 Å². The second kappa shape index (κ2) is 5.27. The maximum atomic E-state index is 11.0. The molecule has 0 amide bonds. The molecule has 0 spiro atoms. The second-order valence-corrected chi connectivity index (χ2v) is 2.79. The number of hydrogen-bond donors (Lipinski definition) is 0. The van der Waals surface area contributed by atoms with Gasteiger partial charge in [-0.3, -0.25) is 0 Å². The van der Waals surface area contributed by atoms with Crippen LogP contribution in [-0.2, 0) is 9.53 Å². The van der Waals surface area contributed by atoms with Gasteiger partial charge in [0.15, 0.2) is 6.61 Å². The van der Waals surface area contributed by atoms with Crippen LogP contribution in [0.5, 0.6) is 5.75 Å². The predicted molar refractivity (Wildman–Crippen MR) is 52.1 cm³/mol. The molecule has 0 N–H and O–H groups in total. The van der Waals surface area contributed by atoms with Crippen LogP contribution in [0.1, 0.15) is 12.5 Å². The summed E-state index contributed by atoms with van der Waals surface area (Å²) in [5.74, 6) is 0.316. The van der Waals surface area contributed by atoms with E-state index in [2.05, 4.69) is 6.07 Å². The van der Waals surface area contributed by atoms with E-state index in [1.165, 1.54) is 0 Å². The number of carbonyl (C=O) groups excluding carboxylic acids is 1. The molecule has 14 heavy (non-hydrogen) atoms. The molecule has 0 atom stereocenters. The molecule has 0 aliphatic rings. The molecule has 1 aromatic carbocycles. The standard InChI is InChI=1S/C11H13O3/c1-3-13-11(12)8-14-10-7-5-4-6-9(10)2/h4,6-7H,3,8H2,1-2H3. The molecule has 0 unspecified atom stereocenters. The van der Waals surface area contributed by atoms with E-state index in [9.17, 15) is 4.79 Å². The third-order valence-electron chi connectivity index (χ3n) is 1.68. The van der Waals surface area contributed by atoms with Gasteiger partial charge in [-0.25, -0.2) is 4.79 Å². The van der Waals surface area contributed by atoms with Gasteiger partial charge in [0.2, 0.25) is 0 Å². The highest BCUT2D eigenvalue weighted by molar-refractivity contribution is 5.71. The van der Waals surface area contributed by atoms with Crippen LogP contribution < -0.4 is 4.74 Å². The van der Waals surface area contributed by atoms with E-state index in [1.54, 1.807) is 19.1 Å². The third kappa shape index (κ3) is 3.09. The molecule has 1 radical (unpaired) electrons. The minimum absolute atomic E-state index is 0.0491. The molecule has 0 fully saturated rings. The lowest BCUT2D eigenvalue weighted by Crippen LogP contribution is -2.14. The monoisotopic (exact) mass is 193 g/mol. The van der Waals surface area contributed by atoms with Crippen LogP contribution >= 0.6 is 0 Å². The highest BCUT2D eigenvalue weighted by atomic mass is 16.6. The molecule has 0 aromatic heterocycles. The Morgan fingerprint density at radius 3 is 3.00 bits per heavy atom. The summed E-state index contributed by atoms with van der Waals surface area (Å²) in [6, 6.07) is 8.26. The van der Waals surface area contributed by atoms with Crippen molar-refractivity contribution in [3.63, 3.8) is 0 Å². The summed E-state index contributed by atoms with van der Waals surface area (Å²) in [6.07, 6.45) is 0. The van der Waals surface area contributed by atoms with Crippen molar-refractivity contribution in [2.24, 2.45) is 0 Å². The Balaban J connectivity index is 2.46. The van der Waals surface area contributed by atoms with E-state index in [0.717, 1.165) is 5.56 Å². The van der Waals surface area contributed by atoms with Crippen molar-refractivity contribution in [1.29, 1.82) is 0 Å². The van der Waals surface area contributed by atoms with E-state index in [1.807, 2.05) is 13.0 Å². The average molecular weight is 193 g/mol. The lowest BCUT2D eigenvalue weighted by molar-refractivity contribution is -0.145. The van der Waals surface area contributed by atoms with Crippen LogP contribution in [0.4, 0.5) is 0 Å². The Bertz CT molecular complexity index is 307. The number of aryl methyl sites for hydroxylation is 1. The first kappa shape index (κ1) is 10.6. The molecule has 0 saturated carbocycles. The third-order valence-corrected chi connectivity index (χ3v) is 1.68. The Labute approximate surface area is 83.6 Å². The number of esters is 1. The molecule has 1 rings (SSSR count). The first-order chi connectivity index (χ1) is 6.74. The molecule has 0 bridgehead atoms. The number of carbonyl (C=O) groups is 1. The van der Waals surface area contributed by atoms with E-state index >= 15 is 0 Å². The van der Waals surface area contributed by atoms with Crippen LogP contribution in [0.15, 0.2) is 18.2 Å². The smallest absolute Gasteiger partial charge is 0.344 e. The molecular formula is C11H13O3. The van der Waals surface area contributed by atoms with Gasteiger partial charge in [0.05, 0.1) is 6.61 Å². The Kier molecular flexibility index (Phi) is 3.98. The fourth-order valence-corrected chi connectivity index (χ4v) is 0.988. The van der Waals surface area contributed by atoms with E-state index in [-0.39, 0.29) is 12.6 Å². The van der Waals surface area contributed by atoms with E-state index in [0.29, 0.717) is 12.4 Å². The van der Waals surface area contributed by atoms with Gasteiger partial charge in [-0.1, -0.05) is 12.1 Å². The number of hydrogen-bond acceptors (Lipinski definition) is 3. The molecule has 75 valence electrons. The average Bonchev–Trinajstić information content (AvgIpc) is 2.17. The van der Waals surface area contributed by atoms with Crippen LogP contribution in [0.2, 0.25) is 0 Å². The minimum Gasteiger partial charge on any atom is -0.482 e. The summed E-state index contributed by atoms with van der Waals surface area (Å²) >= 11 is 0. The van der Waals surface area contributed by atoms with Crippen LogP contribution in [0.3, 0.4) is 0 Å². The summed E-state index contributed by atoms with van der Waals surface area (Å²) in [6.45, 7) is 4.00. The zero-order chi connectivity index (χ0) is 10.4. The summed E-state index contributed by atoms with van der Waals surface area (Å²) < 4.78 is 9.97. The zero-order valence-electron chi connectivity index (χ0n) is 8.37. The maximum Gasteiger partial charge on any atom is 0.344 e. The van der Waals surface area contributed by atoms with Crippen molar-refractivity contribution in [3.05, 3.63) is 29.8 Å². The molecular weight excluding hydrogens is 180 g/mol. The largest absolute Gasteiger partial charge is 0.482 e. The van der Waals surface area contributed by atoms with Gasteiger partial charge in [0.25, 0.3) is 0 Å². The Hall–Kier alpha value is -1.51. The maximum absolute atomic E-state index is 11.0. The van der Waals surface area contributed by atoms with Gasteiger partial charge in [0, 0.05) is 0 Å². The lowest BCUT2D eigenvalue weighted by atomic mass is 10.2. The first-order valence-electron chi connectivity index (χ1n) is 4.49. The van der Waals surface area contributed by atoms with Crippen molar-refractivity contribution >= 4 is 5.97 Å². The van der Waals surface area contributed by atoms with Gasteiger partial charge in [-0.2, -0.15) is 0 Å². The van der Waals surface area contributed by atoms with Gasteiger partial charge in [-0.15, -0.1) is 0 Å². The first-order valence-corrected chi connectivity index (χ1v) is 4.49. The van der Waals surface area contributed by atoms with Crippen LogP contribution in [-0.4, -0.2) is 19.2 Å². The van der Waals surface area contributed by atoms with Crippen LogP contribution in [0.25, 0.3) is 0 Å². The van der Waals surface area contributed by atoms with Crippen molar-refractivity contribution in [1.82, 2.24) is 0 Å². The molecule has 1 aromatic rings. The second-order valence-electron chi connectivity index (χ2n) is 2.79. The van der Waals surface area contributed by atoms with Crippen LogP contribution in [0, 0.1) is 13.0 Å². The normalized spacial score (nSPS) is 9.57. The number of benzene rings is 1. The fraction of sp³-hybridized carbons (Fsp3) is 0.364. The molecule has 3 heteroatoms. The summed E-state index contributed by atoms with van der Waals surface area (Å²) in [5.41, 5.74) is 0.980. The van der Waals surface area contributed by atoms with Crippen molar-refractivity contribution in [2.45, 2.75) is 13.8 Å². The number of ether oxygens (including phenoxy) is 2. The predicted octanol–water partition coefficient (Wildman–Crippen LogP) is 1.74. The highest BCUT2D eigenvalue weighted by Gasteiger charge is 2.03. The SMILES string of the molecule is CCOC(=O)COc1c[c]ccc1C. The van der Waals surface area contributed by atoms with E-state index in [4.69, 9.17) is 9.47 Å². The molecule has 3 nitrogen and oxygen atoms in total. The highest BCUT2D eigenvalue weighted by Crippen LogP contribution is 2.15. The van der Waals surface area contributed by atoms with Gasteiger partial charge >= 0.3 is 5.97 Å². The van der Waals surface area contributed by atoms with Crippen molar-refractivity contribution < 1.29 is 14.3 Å². The lowest BCUT2D eigenvalue weighted by Gasteiger charge is -2.07. The number of rotatable bonds is 4. The summed E-state index contributed by atoms with van der Waals surface area (Å²) in [5, 5.41) is 0. The van der Waals surface area contributed by atoms with Gasteiger partial charge < -0.3 is 9.47 Å². The van der Waals surface area contributed by atoms with Crippen molar-refractivity contribution in [3.8, 4) is 5.75 Å². The molecule has 0 aliphatic carbocycles. The Morgan fingerprint density at radius 2 is 2.36 bits per heavy atom. The van der Waals surface area contributed by atoms with Gasteiger partial charge in [0.1, 0.15) is 5.75 Å². The molecule has 0 saturated heterocycles. The summed E-state index contributed by atoms with van der Waals surface area (Å²) in [4.78, 5) is 11.0. The Morgan fingerprint density at radius 1 is 1.57 bits per heavy atom. The molecule has 0 heterocycles. The molecule has 0 aliphatic heterocycles.